The number of carboxylic acids is 1. The zero-order valence-electron chi connectivity index (χ0n) is 22.9. The molecule has 0 amide bonds. The second-order valence-corrected chi connectivity index (χ2v) is 11.1. The number of aryl methyl sites for hydroxylation is 2. The molecule has 1 aromatic heterocycles. The van der Waals surface area contributed by atoms with Crippen molar-refractivity contribution in [1.82, 2.24) is 9.88 Å². The normalized spacial score (nSPS) is 21.8. The molecule has 0 aliphatic carbocycles. The van der Waals surface area contributed by atoms with E-state index in [9.17, 15) is 9.90 Å². The molecule has 3 aromatic rings. The van der Waals surface area contributed by atoms with Gasteiger partial charge >= 0.3 is 5.97 Å². The van der Waals surface area contributed by atoms with E-state index in [-0.39, 0.29) is 12.1 Å². The van der Waals surface area contributed by atoms with Crippen LogP contribution in [0.1, 0.15) is 96.4 Å². The first-order valence-corrected chi connectivity index (χ1v) is 14.4. The van der Waals surface area contributed by atoms with E-state index in [1.807, 2.05) is 12.3 Å². The molecule has 2 aliphatic heterocycles. The molecule has 5 rings (SSSR count). The smallest absolute Gasteiger partial charge is 0.335 e. The maximum atomic E-state index is 11.9. The van der Waals surface area contributed by atoms with Crippen LogP contribution < -0.4 is 4.74 Å². The van der Waals surface area contributed by atoms with E-state index in [0.29, 0.717) is 5.56 Å². The van der Waals surface area contributed by atoms with E-state index in [4.69, 9.17) is 9.47 Å². The van der Waals surface area contributed by atoms with E-state index in [2.05, 4.69) is 35.0 Å². The number of nitrogens with one attached hydrogen (secondary N) is 1. The van der Waals surface area contributed by atoms with Gasteiger partial charge in [-0.3, -0.25) is 4.90 Å². The van der Waals surface area contributed by atoms with E-state index >= 15 is 0 Å². The van der Waals surface area contributed by atoms with Gasteiger partial charge < -0.3 is 19.6 Å². The number of aromatic nitrogens is 1. The van der Waals surface area contributed by atoms with Crippen LogP contribution >= 0.6 is 0 Å². The Labute approximate surface area is 226 Å². The number of aromatic amines is 1. The number of nitrogens with zero attached hydrogens (tertiary/aromatic N) is 1. The second-order valence-electron chi connectivity index (χ2n) is 11.1. The van der Waals surface area contributed by atoms with Crippen LogP contribution in [-0.4, -0.2) is 47.3 Å². The summed E-state index contributed by atoms with van der Waals surface area (Å²) in [6.45, 7) is 4.65. The molecule has 1 fully saturated rings. The molecular weight excluding hydrogens is 476 g/mol. The molecule has 2 bridgehead atoms. The summed E-state index contributed by atoms with van der Waals surface area (Å²) in [5, 5.41) is 10.9. The number of aromatic carboxylic acids is 1. The topological polar surface area (TPSA) is 74.8 Å². The summed E-state index contributed by atoms with van der Waals surface area (Å²) in [4.78, 5) is 17.8. The Morgan fingerprint density at radius 2 is 1.89 bits per heavy atom. The number of carbonyl (C=O) groups is 1. The number of likely N-dealkylation sites (tertiary alicyclic amines) is 1. The number of carboxylic acid groups (broad SMARTS) is 1. The molecule has 38 heavy (non-hydrogen) atoms. The van der Waals surface area contributed by atoms with Crippen molar-refractivity contribution in [2.45, 2.75) is 89.8 Å². The Morgan fingerprint density at radius 1 is 1.11 bits per heavy atom. The monoisotopic (exact) mass is 518 g/mol. The van der Waals surface area contributed by atoms with Crippen molar-refractivity contribution in [3.63, 3.8) is 0 Å². The molecule has 0 saturated carbocycles. The maximum absolute atomic E-state index is 11.9. The zero-order valence-corrected chi connectivity index (χ0v) is 22.9. The summed E-state index contributed by atoms with van der Waals surface area (Å²) in [6, 6.07) is 10.2. The van der Waals surface area contributed by atoms with Crippen LogP contribution in [0.4, 0.5) is 0 Å². The van der Waals surface area contributed by atoms with Gasteiger partial charge in [0, 0.05) is 48.4 Å². The number of methoxy groups -OCH3 is 1. The van der Waals surface area contributed by atoms with Gasteiger partial charge in [0.25, 0.3) is 0 Å². The van der Waals surface area contributed by atoms with Crippen molar-refractivity contribution in [3.8, 4) is 5.75 Å². The van der Waals surface area contributed by atoms with Crippen LogP contribution in [0.25, 0.3) is 10.9 Å². The first-order chi connectivity index (χ1) is 18.5. The van der Waals surface area contributed by atoms with E-state index in [0.717, 1.165) is 63.1 Å². The average Bonchev–Trinajstić information content (AvgIpc) is 3.42. The number of piperidine rings is 1. The van der Waals surface area contributed by atoms with E-state index < -0.39 is 5.97 Å². The summed E-state index contributed by atoms with van der Waals surface area (Å²) >= 11 is 0. The molecule has 2 N–H and O–H groups in total. The highest BCUT2D eigenvalue weighted by atomic mass is 16.5. The number of benzene rings is 2. The minimum atomic E-state index is -0.857. The Balaban J connectivity index is 1.52. The van der Waals surface area contributed by atoms with Crippen LogP contribution in [0, 0.1) is 6.92 Å². The maximum Gasteiger partial charge on any atom is 0.335 e. The van der Waals surface area contributed by atoms with Gasteiger partial charge in [0.15, 0.2) is 0 Å². The molecule has 6 heteroatoms. The lowest BCUT2D eigenvalue weighted by Crippen LogP contribution is -2.40. The Morgan fingerprint density at radius 3 is 2.68 bits per heavy atom. The average molecular weight is 519 g/mol. The van der Waals surface area contributed by atoms with Crippen molar-refractivity contribution in [3.05, 3.63) is 64.3 Å². The first kappa shape index (κ1) is 26.8. The van der Waals surface area contributed by atoms with Gasteiger partial charge in [-0.1, -0.05) is 38.2 Å². The van der Waals surface area contributed by atoms with Gasteiger partial charge in [-0.25, -0.2) is 4.79 Å². The minimum absolute atomic E-state index is 0.164. The minimum Gasteiger partial charge on any atom is -0.496 e. The molecule has 0 spiro atoms. The van der Waals surface area contributed by atoms with Crippen LogP contribution in [0.15, 0.2) is 36.5 Å². The van der Waals surface area contributed by atoms with Crippen molar-refractivity contribution < 1.29 is 19.4 Å². The molecule has 0 radical (unpaired) electrons. The Bertz CT molecular complexity index is 1250. The Hall–Kier alpha value is -2.83. The van der Waals surface area contributed by atoms with Crippen LogP contribution in [0.2, 0.25) is 0 Å². The van der Waals surface area contributed by atoms with Gasteiger partial charge in [0.1, 0.15) is 5.75 Å². The highest BCUT2D eigenvalue weighted by molar-refractivity contribution is 5.88. The summed E-state index contributed by atoms with van der Waals surface area (Å²) in [6.07, 6.45) is 13.5. The largest absolute Gasteiger partial charge is 0.496 e. The highest BCUT2D eigenvalue weighted by Gasteiger charge is 2.33. The SMILES string of the molecule is COc1cc(C)c2[nH]ccc2c1CN1CC[C@H]2C[C@H]1c1ccc(C(=O)O)cc1CCCCCCCCCO2. The predicted octanol–water partition coefficient (Wildman–Crippen LogP) is 7.19. The Kier molecular flexibility index (Phi) is 8.70. The summed E-state index contributed by atoms with van der Waals surface area (Å²) in [7, 11) is 1.75. The third-order valence-corrected chi connectivity index (χ3v) is 8.55. The fourth-order valence-corrected chi connectivity index (χ4v) is 6.46. The molecule has 2 atom stereocenters. The lowest BCUT2D eigenvalue weighted by atomic mass is 9.87. The predicted molar refractivity (Wildman–Crippen MR) is 151 cm³/mol. The van der Waals surface area contributed by atoms with E-state index in [1.165, 1.54) is 59.7 Å². The second kappa shape index (κ2) is 12.4. The van der Waals surface area contributed by atoms with Crippen LogP contribution in [0.5, 0.6) is 5.75 Å². The lowest BCUT2D eigenvalue weighted by molar-refractivity contribution is -0.0203. The van der Waals surface area contributed by atoms with Gasteiger partial charge in [-0.05, 0) is 80.0 Å². The van der Waals surface area contributed by atoms with Crippen LogP contribution in [0.3, 0.4) is 0 Å². The van der Waals surface area contributed by atoms with Gasteiger partial charge in [0.2, 0.25) is 0 Å². The third-order valence-electron chi connectivity index (χ3n) is 8.55. The van der Waals surface area contributed by atoms with Gasteiger partial charge in [-0.2, -0.15) is 0 Å². The van der Waals surface area contributed by atoms with Crippen molar-refractivity contribution in [2.75, 3.05) is 20.3 Å². The molecular formula is C32H42N2O4. The van der Waals surface area contributed by atoms with Gasteiger partial charge in [0.05, 0.1) is 18.8 Å². The van der Waals surface area contributed by atoms with Gasteiger partial charge in [-0.15, -0.1) is 0 Å². The molecule has 2 aromatic carbocycles. The number of rotatable bonds is 4. The van der Waals surface area contributed by atoms with E-state index in [1.54, 1.807) is 13.2 Å². The number of hydrogen-bond acceptors (Lipinski definition) is 4. The van der Waals surface area contributed by atoms with Crippen molar-refractivity contribution >= 4 is 16.9 Å². The zero-order chi connectivity index (χ0) is 26.5. The fourth-order valence-electron chi connectivity index (χ4n) is 6.46. The molecule has 1 saturated heterocycles. The third kappa shape index (κ3) is 5.92. The molecule has 204 valence electrons. The standard InChI is InChI=1S/C32H42N2O4/c1-22-18-30(37-2)28(27-13-15-33-31(22)27)21-34-16-14-25-20-29(34)26-12-11-24(32(35)36)19-23(26)10-8-6-4-3-5-7-9-17-38-25/h11-13,15,18-19,25,29,33H,3-10,14,16-17,20-21H2,1-2H3,(H,35,36)/t25-,29-/m0/s1. The number of fused-ring (bicyclic) bond motifs is 5. The molecule has 2 aliphatic rings. The van der Waals surface area contributed by atoms with Crippen molar-refractivity contribution in [2.24, 2.45) is 0 Å². The van der Waals surface area contributed by atoms with Crippen molar-refractivity contribution in [1.29, 1.82) is 0 Å². The molecule has 3 heterocycles. The number of ether oxygens (including phenoxy) is 2. The highest BCUT2D eigenvalue weighted by Crippen LogP contribution is 2.39. The summed E-state index contributed by atoms with van der Waals surface area (Å²) < 4.78 is 12.3. The number of H-pyrrole nitrogens is 1. The quantitative estimate of drug-likeness (QED) is 0.382. The summed E-state index contributed by atoms with van der Waals surface area (Å²) in [5.74, 6) is 0.0659. The lowest BCUT2D eigenvalue weighted by Gasteiger charge is -2.41. The van der Waals surface area contributed by atoms with Crippen LogP contribution in [-0.2, 0) is 17.7 Å². The number of hydrogen-bond donors (Lipinski definition) is 2. The summed E-state index contributed by atoms with van der Waals surface area (Å²) in [5.41, 5.74) is 6.36. The fraction of sp³-hybridized carbons (Fsp3) is 0.531. The molecule has 0 unspecified atom stereocenters. The molecule has 6 nitrogen and oxygen atoms in total. The first-order valence-electron chi connectivity index (χ1n) is 14.4.